The van der Waals surface area contributed by atoms with Gasteiger partial charge in [0.15, 0.2) is 0 Å². The summed E-state index contributed by atoms with van der Waals surface area (Å²) in [7, 11) is 0. The maximum absolute atomic E-state index is 11.2. The van der Waals surface area contributed by atoms with E-state index in [1.807, 2.05) is 6.11 Å². The molecule has 0 aromatic rings. The Morgan fingerprint density at radius 2 is 0.930 bits per heavy atom. The summed E-state index contributed by atoms with van der Waals surface area (Å²) in [5.41, 5.74) is 25.3. The lowest BCUT2D eigenvalue weighted by atomic mass is 10.2. The van der Waals surface area contributed by atoms with Crippen LogP contribution in [0.3, 0.4) is 0 Å². The van der Waals surface area contributed by atoms with E-state index < -0.39 is 23.4 Å². The van der Waals surface area contributed by atoms with E-state index in [9.17, 15) is 9.59 Å². The summed E-state index contributed by atoms with van der Waals surface area (Å²) in [4.78, 5) is 27.6. The monoisotopic (exact) mass is 821 g/mol. The second-order valence-electron chi connectivity index (χ2n) is 12.2. The number of azide groups is 2. The Morgan fingerprint density at radius 3 is 1.26 bits per heavy atom. The number of rotatable bonds is 29. The number of nitrogens with two attached hydrogens (primary N) is 2. The van der Waals surface area contributed by atoms with Crippen molar-refractivity contribution >= 4 is 12.2 Å². The smallest absolute Gasteiger partial charge is 0.407 e. The predicted octanol–water partition coefficient (Wildman–Crippen LogP) is 2.89. The van der Waals surface area contributed by atoms with Crippen LogP contribution in [-0.4, -0.2) is 162 Å². The average Bonchev–Trinajstić information content (AvgIpc) is 3.14. The third-order valence-corrected chi connectivity index (χ3v) is 4.87. The Hall–Kier alpha value is -4.28. The van der Waals surface area contributed by atoms with Gasteiger partial charge in [0, 0.05) is 49.1 Å². The van der Waals surface area contributed by atoms with Gasteiger partial charge in [-0.05, 0) is 52.6 Å². The van der Waals surface area contributed by atoms with Gasteiger partial charge in [-0.2, -0.15) is 0 Å². The highest BCUT2D eigenvalue weighted by Gasteiger charge is 2.16. The SMILES string of the molecule is C#CCOCCOCCN.C#COCCOCCNC(=O)OC(C)(C)C.CC(C)(C)OC(=O)NCCOCCOCCN=[N+]=[N-].[N-]=[N+]=NCCOCCOCCN. The second-order valence-corrected chi connectivity index (χ2v) is 12.2. The molecule has 22 heteroatoms. The largest absolute Gasteiger partial charge is 0.444 e. The molecule has 6 N–H and O–H groups in total. The summed E-state index contributed by atoms with van der Waals surface area (Å²) in [6, 6.07) is 0. The molecule has 57 heavy (non-hydrogen) atoms. The zero-order chi connectivity index (χ0) is 43.7. The molecule has 22 nitrogen and oxygen atoms in total. The molecule has 2 amide bonds. The number of hydrogen-bond acceptors (Lipinski definition) is 16. The van der Waals surface area contributed by atoms with E-state index in [0.717, 1.165) is 0 Å². The van der Waals surface area contributed by atoms with Gasteiger partial charge in [0.05, 0.1) is 85.9 Å². The lowest BCUT2D eigenvalue weighted by molar-refractivity contribution is 0.0411. The van der Waals surface area contributed by atoms with Crippen LogP contribution in [0.15, 0.2) is 10.2 Å². The molecule has 0 radical (unpaired) electrons. The highest BCUT2D eigenvalue weighted by atomic mass is 16.6. The maximum atomic E-state index is 11.2. The van der Waals surface area contributed by atoms with E-state index in [-0.39, 0.29) is 0 Å². The lowest BCUT2D eigenvalue weighted by Gasteiger charge is -2.19. The summed E-state index contributed by atoms with van der Waals surface area (Å²) < 4.78 is 50.2. The van der Waals surface area contributed by atoms with Crippen molar-refractivity contribution < 1.29 is 57.0 Å². The van der Waals surface area contributed by atoms with Crippen molar-refractivity contribution in [2.75, 3.05) is 138 Å². The summed E-state index contributed by atoms with van der Waals surface area (Å²) in [5.74, 6) is 2.36. The molecule has 0 spiro atoms. The number of ether oxygens (including phenoxy) is 10. The fourth-order valence-corrected chi connectivity index (χ4v) is 2.80. The van der Waals surface area contributed by atoms with Gasteiger partial charge in [0.2, 0.25) is 0 Å². The molecule has 0 fully saturated rings. The number of hydrogen-bond donors (Lipinski definition) is 4. The number of amides is 2. The third kappa shape index (κ3) is 70.1. The van der Waals surface area contributed by atoms with E-state index >= 15 is 0 Å². The first kappa shape index (κ1) is 59.4. The van der Waals surface area contributed by atoms with E-state index in [0.29, 0.717) is 138 Å². The van der Waals surface area contributed by atoms with Crippen LogP contribution in [0.1, 0.15) is 41.5 Å². The van der Waals surface area contributed by atoms with Crippen LogP contribution < -0.4 is 22.1 Å². The van der Waals surface area contributed by atoms with Gasteiger partial charge >= 0.3 is 12.2 Å². The fourth-order valence-electron chi connectivity index (χ4n) is 2.80. The standard InChI is InChI=1S/C11H22N4O4.C11H19NO4.C7H13NO2.C6H14N4O2/c1-11(2,3)19-10(16)13-4-6-17-8-9-18-7-5-14-15-12;1-5-14-8-9-15-7-6-12-10(13)16-11(2,3)4;1-2-4-9-6-7-10-5-3-8;7-1-3-11-5-6-12-4-2-9-10-8/h4-9H2,1-3H3,(H,13,16);1H,6-9H2,2-4H3,(H,12,13);1H,3-8H2;1-7H2. The van der Waals surface area contributed by atoms with E-state index in [1.165, 1.54) is 0 Å². The Balaban J connectivity index is -0.000000338. The molecular weight excluding hydrogens is 752 g/mol. The van der Waals surface area contributed by atoms with Gasteiger partial charge in [-0.1, -0.05) is 22.6 Å². The maximum Gasteiger partial charge on any atom is 0.407 e. The van der Waals surface area contributed by atoms with Crippen LogP contribution in [0.25, 0.3) is 20.9 Å². The molecule has 0 unspecified atom stereocenters. The van der Waals surface area contributed by atoms with Crippen LogP contribution in [0.4, 0.5) is 9.59 Å². The molecule has 0 aliphatic rings. The van der Waals surface area contributed by atoms with Crippen LogP contribution in [0, 0.1) is 24.9 Å². The normalized spacial score (nSPS) is 10.1. The highest BCUT2D eigenvalue weighted by Crippen LogP contribution is 2.06. The van der Waals surface area contributed by atoms with Gasteiger partial charge < -0.3 is 69.5 Å². The summed E-state index contributed by atoms with van der Waals surface area (Å²) in [5, 5.41) is 11.8. The third-order valence-electron chi connectivity index (χ3n) is 4.87. The summed E-state index contributed by atoms with van der Waals surface area (Å²) >= 11 is 0. The first-order valence-electron chi connectivity index (χ1n) is 18.1. The number of terminal acetylenes is 2. The first-order valence-corrected chi connectivity index (χ1v) is 18.1. The molecule has 0 rings (SSSR count). The van der Waals surface area contributed by atoms with E-state index in [4.69, 9.17) is 78.0 Å². The second kappa shape index (κ2) is 47.9. The van der Waals surface area contributed by atoms with Gasteiger partial charge in [0.1, 0.15) is 30.5 Å². The van der Waals surface area contributed by atoms with Gasteiger partial charge in [-0.3, -0.25) is 0 Å². The van der Waals surface area contributed by atoms with Gasteiger partial charge in [0.25, 0.3) is 0 Å². The van der Waals surface area contributed by atoms with Gasteiger partial charge in [-0.25, -0.2) is 9.59 Å². The molecule has 0 atom stereocenters. The topological polar surface area (TPSA) is 300 Å². The van der Waals surface area contributed by atoms with Crippen molar-refractivity contribution in [1.29, 1.82) is 0 Å². The molecule has 0 saturated carbocycles. The number of alkyl carbamates (subject to hydrolysis) is 2. The Labute approximate surface area is 338 Å². The van der Waals surface area contributed by atoms with Crippen LogP contribution in [-0.2, 0) is 47.4 Å². The van der Waals surface area contributed by atoms with Crippen LogP contribution in [0.2, 0.25) is 0 Å². The molecule has 0 bridgehead atoms. The number of carbonyl (C=O) groups is 2. The van der Waals surface area contributed by atoms with Crippen LogP contribution in [0.5, 0.6) is 0 Å². The molecule has 0 aromatic carbocycles. The van der Waals surface area contributed by atoms with Crippen molar-refractivity contribution in [3.8, 4) is 24.9 Å². The van der Waals surface area contributed by atoms with Crippen molar-refractivity contribution in [2.45, 2.75) is 52.7 Å². The molecular formula is C35H68N10O12. The molecule has 0 aliphatic heterocycles. The number of nitrogens with zero attached hydrogens (tertiary/aromatic N) is 6. The molecule has 0 heterocycles. The Kier molecular flexibility index (Phi) is 49.9. The molecule has 0 saturated heterocycles. The lowest BCUT2D eigenvalue weighted by Crippen LogP contribution is -2.34. The van der Waals surface area contributed by atoms with Crippen molar-refractivity contribution in [3.05, 3.63) is 20.9 Å². The first-order chi connectivity index (χ1) is 27.2. The minimum Gasteiger partial charge on any atom is -0.444 e. The summed E-state index contributed by atoms with van der Waals surface area (Å²) in [6.07, 6.45) is 10.9. The van der Waals surface area contributed by atoms with Crippen molar-refractivity contribution in [1.82, 2.24) is 10.6 Å². The minimum absolute atomic E-state index is 0.316. The number of carbonyl (C=O) groups excluding carboxylic acids is 2. The fraction of sp³-hybridized carbons (Fsp3) is 0.829. The van der Waals surface area contributed by atoms with Crippen LogP contribution >= 0.6 is 0 Å². The highest BCUT2D eigenvalue weighted by molar-refractivity contribution is 5.67. The Bertz CT molecular complexity index is 1100. The van der Waals surface area contributed by atoms with E-state index in [1.54, 1.807) is 41.5 Å². The zero-order valence-electron chi connectivity index (χ0n) is 34.7. The van der Waals surface area contributed by atoms with Crippen molar-refractivity contribution in [3.63, 3.8) is 0 Å². The van der Waals surface area contributed by atoms with Gasteiger partial charge in [-0.15, -0.1) is 6.42 Å². The minimum atomic E-state index is -0.495. The average molecular weight is 821 g/mol. The quantitative estimate of drug-likeness (QED) is 0.0277. The zero-order valence-corrected chi connectivity index (χ0v) is 34.7. The molecule has 330 valence electrons. The Morgan fingerprint density at radius 1 is 0.579 bits per heavy atom. The predicted molar refractivity (Wildman–Crippen MR) is 214 cm³/mol. The molecule has 0 aromatic heterocycles. The summed E-state index contributed by atoms with van der Waals surface area (Å²) in [6.45, 7) is 20.2. The number of nitrogens with one attached hydrogen (secondary N) is 2. The van der Waals surface area contributed by atoms with E-state index in [2.05, 4.69) is 41.3 Å². The van der Waals surface area contributed by atoms with Crippen molar-refractivity contribution in [2.24, 2.45) is 21.7 Å². The molecule has 0 aliphatic carbocycles.